The number of anilines is 1. The second-order valence-corrected chi connectivity index (χ2v) is 5.15. The molecule has 1 atom stereocenters. The van der Waals surface area contributed by atoms with Crippen LogP contribution in [-0.2, 0) is 0 Å². The molecule has 2 nitrogen and oxygen atoms in total. The van der Waals surface area contributed by atoms with Crippen molar-refractivity contribution in [1.82, 2.24) is 0 Å². The standard InChI is InChI=1S/C16H17ClFNO/c1-10-4-7-16(20-3)13(8-10)11(2)19-12-5-6-15(18)14(17)9-12/h4-9,11,19H,1-3H3. The number of methoxy groups -OCH3 is 1. The Bertz CT molecular complexity index is 615. The van der Waals surface area contributed by atoms with Crippen LogP contribution < -0.4 is 10.1 Å². The van der Waals surface area contributed by atoms with E-state index in [1.54, 1.807) is 19.2 Å². The molecule has 0 aliphatic carbocycles. The van der Waals surface area contributed by atoms with Crippen molar-refractivity contribution >= 4 is 17.3 Å². The molecule has 0 spiro atoms. The van der Waals surface area contributed by atoms with Crippen LogP contribution in [0.15, 0.2) is 36.4 Å². The third-order valence-corrected chi connectivity index (χ3v) is 3.44. The lowest BCUT2D eigenvalue weighted by atomic mass is 10.0. The molecule has 1 unspecified atom stereocenters. The number of aryl methyl sites for hydroxylation is 1. The van der Waals surface area contributed by atoms with Crippen LogP contribution in [0.2, 0.25) is 5.02 Å². The topological polar surface area (TPSA) is 21.3 Å². The summed E-state index contributed by atoms with van der Waals surface area (Å²) < 4.78 is 18.5. The Morgan fingerprint density at radius 2 is 1.95 bits per heavy atom. The molecule has 0 aliphatic heterocycles. The van der Waals surface area contributed by atoms with E-state index in [-0.39, 0.29) is 11.1 Å². The molecule has 4 heteroatoms. The maximum absolute atomic E-state index is 13.2. The van der Waals surface area contributed by atoms with E-state index in [2.05, 4.69) is 11.4 Å². The molecule has 2 aromatic rings. The van der Waals surface area contributed by atoms with Crippen LogP contribution >= 0.6 is 11.6 Å². The Hall–Kier alpha value is -1.74. The summed E-state index contributed by atoms with van der Waals surface area (Å²) in [6.07, 6.45) is 0. The van der Waals surface area contributed by atoms with E-state index in [1.807, 2.05) is 26.0 Å². The van der Waals surface area contributed by atoms with Crippen molar-refractivity contribution in [1.29, 1.82) is 0 Å². The van der Waals surface area contributed by atoms with Gasteiger partial charge >= 0.3 is 0 Å². The van der Waals surface area contributed by atoms with Gasteiger partial charge in [-0.3, -0.25) is 0 Å². The quantitative estimate of drug-likeness (QED) is 0.859. The van der Waals surface area contributed by atoms with Gasteiger partial charge in [0, 0.05) is 11.3 Å². The Balaban J connectivity index is 2.25. The molecular formula is C16H17ClFNO. The Morgan fingerprint density at radius 3 is 2.60 bits per heavy atom. The Kier molecular flexibility index (Phi) is 4.50. The van der Waals surface area contributed by atoms with E-state index in [1.165, 1.54) is 6.07 Å². The number of hydrogen-bond donors (Lipinski definition) is 1. The van der Waals surface area contributed by atoms with Crippen LogP contribution in [0.1, 0.15) is 24.1 Å². The summed E-state index contributed by atoms with van der Waals surface area (Å²) >= 11 is 5.79. The van der Waals surface area contributed by atoms with Crippen molar-refractivity contribution in [3.63, 3.8) is 0 Å². The average molecular weight is 294 g/mol. The van der Waals surface area contributed by atoms with Gasteiger partial charge in [-0.2, -0.15) is 0 Å². The molecule has 20 heavy (non-hydrogen) atoms. The second-order valence-electron chi connectivity index (χ2n) is 4.74. The van der Waals surface area contributed by atoms with E-state index in [9.17, 15) is 4.39 Å². The first kappa shape index (κ1) is 14.7. The molecule has 2 aromatic carbocycles. The van der Waals surface area contributed by atoms with Crippen molar-refractivity contribution in [3.05, 3.63) is 58.4 Å². The van der Waals surface area contributed by atoms with Crippen molar-refractivity contribution in [2.45, 2.75) is 19.9 Å². The molecular weight excluding hydrogens is 277 g/mol. The molecule has 0 bridgehead atoms. The molecule has 0 amide bonds. The summed E-state index contributed by atoms with van der Waals surface area (Å²) in [4.78, 5) is 0. The first-order valence-corrected chi connectivity index (χ1v) is 6.75. The Morgan fingerprint density at radius 1 is 1.20 bits per heavy atom. The maximum Gasteiger partial charge on any atom is 0.141 e. The zero-order chi connectivity index (χ0) is 14.7. The fourth-order valence-corrected chi connectivity index (χ4v) is 2.29. The molecule has 0 fully saturated rings. The smallest absolute Gasteiger partial charge is 0.141 e. The van der Waals surface area contributed by atoms with Gasteiger partial charge in [0.15, 0.2) is 0 Å². The lowest BCUT2D eigenvalue weighted by Gasteiger charge is -2.19. The van der Waals surface area contributed by atoms with Crippen LogP contribution in [0.4, 0.5) is 10.1 Å². The van der Waals surface area contributed by atoms with Crippen molar-refractivity contribution < 1.29 is 9.13 Å². The number of benzene rings is 2. The first-order valence-electron chi connectivity index (χ1n) is 6.37. The third-order valence-electron chi connectivity index (χ3n) is 3.15. The van der Waals surface area contributed by atoms with Gasteiger partial charge in [-0.25, -0.2) is 4.39 Å². The van der Waals surface area contributed by atoms with Crippen LogP contribution in [-0.4, -0.2) is 7.11 Å². The van der Waals surface area contributed by atoms with Gasteiger partial charge in [-0.1, -0.05) is 29.3 Å². The number of ether oxygens (including phenoxy) is 1. The fraction of sp³-hybridized carbons (Fsp3) is 0.250. The highest BCUT2D eigenvalue weighted by Crippen LogP contribution is 2.29. The van der Waals surface area contributed by atoms with Crippen molar-refractivity contribution in [3.8, 4) is 5.75 Å². The minimum atomic E-state index is -0.419. The average Bonchev–Trinajstić information content (AvgIpc) is 2.43. The van der Waals surface area contributed by atoms with E-state index in [4.69, 9.17) is 16.3 Å². The van der Waals surface area contributed by atoms with Gasteiger partial charge < -0.3 is 10.1 Å². The highest BCUT2D eigenvalue weighted by atomic mass is 35.5. The van der Waals surface area contributed by atoms with Crippen molar-refractivity contribution in [2.75, 3.05) is 12.4 Å². The van der Waals surface area contributed by atoms with Crippen LogP contribution in [0.3, 0.4) is 0 Å². The highest BCUT2D eigenvalue weighted by Gasteiger charge is 2.12. The van der Waals surface area contributed by atoms with Gasteiger partial charge in [-0.05, 0) is 38.1 Å². The van der Waals surface area contributed by atoms with Gasteiger partial charge in [0.05, 0.1) is 18.2 Å². The molecule has 0 heterocycles. The number of rotatable bonds is 4. The summed E-state index contributed by atoms with van der Waals surface area (Å²) in [6, 6.07) is 10.6. The Labute approximate surface area is 123 Å². The van der Waals surface area contributed by atoms with Crippen LogP contribution in [0, 0.1) is 12.7 Å². The minimum Gasteiger partial charge on any atom is -0.496 e. The van der Waals surface area contributed by atoms with Crippen LogP contribution in [0.5, 0.6) is 5.75 Å². The zero-order valence-corrected chi connectivity index (χ0v) is 12.5. The summed E-state index contributed by atoms with van der Waals surface area (Å²) in [6.45, 7) is 4.05. The van der Waals surface area contributed by atoms with E-state index in [0.29, 0.717) is 0 Å². The van der Waals surface area contributed by atoms with E-state index in [0.717, 1.165) is 22.6 Å². The third kappa shape index (κ3) is 3.23. The predicted molar refractivity (Wildman–Crippen MR) is 81.2 cm³/mol. The predicted octanol–water partition coefficient (Wildman–Crippen LogP) is 4.97. The molecule has 0 aliphatic rings. The lowest BCUT2D eigenvalue weighted by Crippen LogP contribution is -2.08. The summed E-state index contributed by atoms with van der Waals surface area (Å²) in [5, 5.41) is 3.41. The molecule has 0 saturated carbocycles. The normalized spacial score (nSPS) is 12.1. The lowest BCUT2D eigenvalue weighted by molar-refractivity contribution is 0.408. The fourth-order valence-electron chi connectivity index (χ4n) is 2.11. The monoisotopic (exact) mass is 293 g/mol. The molecule has 0 saturated heterocycles. The van der Waals surface area contributed by atoms with Gasteiger partial charge in [0.2, 0.25) is 0 Å². The number of nitrogens with one attached hydrogen (secondary N) is 1. The minimum absolute atomic E-state index is 0.0198. The van der Waals surface area contributed by atoms with Gasteiger partial charge in [0.25, 0.3) is 0 Å². The molecule has 1 N–H and O–H groups in total. The SMILES string of the molecule is COc1ccc(C)cc1C(C)Nc1ccc(F)c(Cl)c1. The van der Waals surface area contributed by atoms with Crippen LogP contribution in [0.25, 0.3) is 0 Å². The first-order chi connectivity index (χ1) is 9.51. The second kappa shape index (κ2) is 6.14. The molecule has 0 aromatic heterocycles. The van der Waals surface area contributed by atoms with E-state index >= 15 is 0 Å². The summed E-state index contributed by atoms with van der Waals surface area (Å²) in [7, 11) is 1.65. The molecule has 106 valence electrons. The largest absolute Gasteiger partial charge is 0.496 e. The number of halogens is 2. The summed E-state index contributed by atoms with van der Waals surface area (Å²) in [5.74, 6) is 0.404. The molecule has 0 radical (unpaired) electrons. The van der Waals surface area contributed by atoms with Gasteiger partial charge in [-0.15, -0.1) is 0 Å². The zero-order valence-electron chi connectivity index (χ0n) is 11.7. The van der Waals surface area contributed by atoms with Gasteiger partial charge in [0.1, 0.15) is 11.6 Å². The van der Waals surface area contributed by atoms with E-state index < -0.39 is 5.82 Å². The van der Waals surface area contributed by atoms with Crippen molar-refractivity contribution in [2.24, 2.45) is 0 Å². The highest BCUT2D eigenvalue weighted by molar-refractivity contribution is 6.31. The summed E-state index contributed by atoms with van der Waals surface area (Å²) in [5.41, 5.74) is 2.98. The number of hydrogen-bond acceptors (Lipinski definition) is 2. The molecule has 2 rings (SSSR count). The maximum atomic E-state index is 13.2.